The zero-order valence-corrected chi connectivity index (χ0v) is 10.9. The van der Waals surface area contributed by atoms with E-state index in [4.69, 9.17) is 21.6 Å². The Balaban J connectivity index is 2.62. The molecule has 86 valence electrons. The second-order valence-corrected chi connectivity index (χ2v) is 4.75. The van der Waals surface area contributed by atoms with Crippen molar-refractivity contribution in [2.45, 2.75) is 6.92 Å². The second kappa shape index (κ2) is 4.74. The van der Waals surface area contributed by atoms with E-state index < -0.39 is 0 Å². The Bertz CT molecular complexity index is 601. The Morgan fingerprint density at radius 2 is 2.24 bits per heavy atom. The predicted octanol–water partition coefficient (Wildman–Crippen LogP) is 3.65. The summed E-state index contributed by atoms with van der Waals surface area (Å²) in [4.78, 5) is 4.21. The maximum Gasteiger partial charge on any atom is 0.152 e. The highest BCUT2D eigenvalue weighted by atomic mass is 35.5. The molecule has 1 aromatic heterocycles. The molecular formula is C12H9ClN2OS. The van der Waals surface area contributed by atoms with Crippen LogP contribution in [0.5, 0.6) is 5.75 Å². The molecule has 1 heterocycles. The molecule has 0 aliphatic heterocycles. The third kappa shape index (κ3) is 2.26. The molecule has 0 fully saturated rings. The molecule has 0 radical (unpaired) electrons. The molecule has 0 saturated carbocycles. The van der Waals surface area contributed by atoms with Crippen molar-refractivity contribution in [2.24, 2.45) is 0 Å². The summed E-state index contributed by atoms with van der Waals surface area (Å²) in [5, 5.41) is 11.9. The molecule has 0 spiro atoms. The summed E-state index contributed by atoms with van der Waals surface area (Å²) in [6.45, 7) is 1.92. The van der Waals surface area contributed by atoms with Gasteiger partial charge in [0.25, 0.3) is 0 Å². The normalized spacial score (nSPS) is 10.0. The lowest BCUT2D eigenvalue weighted by Gasteiger charge is -2.09. The van der Waals surface area contributed by atoms with E-state index in [1.165, 1.54) is 11.3 Å². The lowest BCUT2D eigenvalue weighted by atomic mass is 10.1. The van der Waals surface area contributed by atoms with Crippen molar-refractivity contribution in [3.05, 3.63) is 33.8 Å². The minimum Gasteiger partial charge on any atom is -0.496 e. The fourth-order valence-electron chi connectivity index (χ4n) is 1.61. The van der Waals surface area contributed by atoms with Crippen LogP contribution in [-0.4, -0.2) is 12.1 Å². The predicted molar refractivity (Wildman–Crippen MR) is 68.6 cm³/mol. The maximum absolute atomic E-state index is 8.77. The van der Waals surface area contributed by atoms with Crippen molar-refractivity contribution in [2.75, 3.05) is 7.11 Å². The van der Waals surface area contributed by atoms with Gasteiger partial charge in [-0.3, -0.25) is 0 Å². The number of ether oxygens (including phenoxy) is 1. The first kappa shape index (κ1) is 11.9. The van der Waals surface area contributed by atoms with E-state index in [0.717, 1.165) is 21.9 Å². The standard InChI is InChI=1S/C12H9ClN2OS/c1-7-3-8(13)4-10(11(7)16-2)12-15-9(5-14)6-17-12/h3-4,6H,1-2H3. The van der Waals surface area contributed by atoms with E-state index in [1.54, 1.807) is 18.6 Å². The largest absolute Gasteiger partial charge is 0.496 e. The van der Waals surface area contributed by atoms with Crippen molar-refractivity contribution in [3.8, 4) is 22.4 Å². The van der Waals surface area contributed by atoms with Crippen LogP contribution in [0.1, 0.15) is 11.3 Å². The summed E-state index contributed by atoms with van der Waals surface area (Å²) in [6.07, 6.45) is 0. The zero-order valence-electron chi connectivity index (χ0n) is 9.32. The minimum absolute atomic E-state index is 0.407. The number of methoxy groups -OCH3 is 1. The van der Waals surface area contributed by atoms with E-state index in [1.807, 2.05) is 19.1 Å². The molecule has 0 aliphatic carbocycles. The molecule has 3 nitrogen and oxygen atoms in total. The van der Waals surface area contributed by atoms with Gasteiger partial charge in [0.1, 0.15) is 16.8 Å². The molecule has 0 atom stereocenters. The molecule has 0 bridgehead atoms. The van der Waals surface area contributed by atoms with Gasteiger partial charge in [0, 0.05) is 10.4 Å². The lowest BCUT2D eigenvalue weighted by molar-refractivity contribution is 0.413. The molecule has 1 aromatic carbocycles. The average molecular weight is 265 g/mol. The Labute approximate surface area is 108 Å². The number of aromatic nitrogens is 1. The van der Waals surface area contributed by atoms with Crippen LogP contribution >= 0.6 is 22.9 Å². The van der Waals surface area contributed by atoms with Crippen LogP contribution in [0.3, 0.4) is 0 Å². The van der Waals surface area contributed by atoms with Crippen LogP contribution in [0.25, 0.3) is 10.6 Å². The lowest BCUT2D eigenvalue weighted by Crippen LogP contribution is -1.91. The maximum atomic E-state index is 8.77. The third-order valence-corrected chi connectivity index (χ3v) is 3.39. The van der Waals surface area contributed by atoms with Crippen LogP contribution in [0.15, 0.2) is 17.5 Å². The van der Waals surface area contributed by atoms with Gasteiger partial charge in [0.15, 0.2) is 5.69 Å². The SMILES string of the molecule is COc1c(C)cc(Cl)cc1-c1nc(C#N)cs1. The van der Waals surface area contributed by atoms with Crippen molar-refractivity contribution in [1.29, 1.82) is 5.26 Å². The molecule has 17 heavy (non-hydrogen) atoms. The minimum atomic E-state index is 0.407. The second-order valence-electron chi connectivity index (χ2n) is 3.45. The number of nitriles is 1. The van der Waals surface area contributed by atoms with Crippen LogP contribution < -0.4 is 4.74 Å². The summed E-state index contributed by atoms with van der Waals surface area (Å²) < 4.78 is 5.35. The Hall–Kier alpha value is -1.57. The van der Waals surface area contributed by atoms with E-state index >= 15 is 0 Å². The molecule has 0 amide bonds. The number of nitrogens with zero attached hydrogens (tertiary/aromatic N) is 2. The topological polar surface area (TPSA) is 45.9 Å². The molecule has 5 heteroatoms. The summed E-state index contributed by atoms with van der Waals surface area (Å²) in [6, 6.07) is 5.64. The van der Waals surface area contributed by atoms with Crippen LogP contribution in [0.2, 0.25) is 5.02 Å². The van der Waals surface area contributed by atoms with Gasteiger partial charge in [0.2, 0.25) is 0 Å². The number of aryl methyl sites for hydroxylation is 1. The Morgan fingerprint density at radius 3 is 2.82 bits per heavy atom. The van der Waals surface area contributed by atoms with E-state index in [-0.39, 0.29) is 0 Å². The molecule has 0 saturated heterocycles. The molecule has 2 rings (SSSR count). The smallest absolute Gasteiger partial charge is 0.152 e. The summed E-state index contributed by atoms with van der Waals surface area (Å²) in [7, 11) is 1.61. The van der Waals surface area contributed by atoms with Gasteiger partial charge in [-0.05, 0) is 24.6 Å². The number of hydrogen-bond acceptors (Lipinski definition) is 4. The Morgan fingerprint density at radius 1 is 1.47 bits per heavy atom. The quantitative estimate of drug-likeness (QED) is 0.832. The molecule has 0 unspecified atom stereocenters. The highest BCUT2D eigenvalue weighted by Gasteiger charge is 2.13. The van der Waals surface area contributed by atoms with Crippen molar-refractivity contribution >= 4 is 22.9 Å². The fraction of sp³-hybridized carbons (Fsp3) is 0.167. The van der Waals surface area contributed by atoms with Gasteiger partial charge in [-0.1, -0.05) is 11.6 Å². The fourth-order valence-corrected chi connectivity index (χ4v) is 2.64. The first-order chi connectivity index (χ1) is 8.15. The van der Waals surface area contributed by atoms with Gasteiger partial charge in [0.05, 0.1) is 12.7 Å². The van der Waals surface area contributed by atoms with Gasteiger partial charge in [-0.15, -0.1) is 11.3 Å². The summed E-state index contributed by atoms with van der Waals surface area (Å²) >= 11 is 7.43. The average Bonchev–Trinajstić information content (AvgIpc) is 2.76. The van der Waals surface area contributed by atoms with Crippen LogP contribution in [0, 0.1) is 18.3 Å². The van der Waals surface area contributed by atoms with Gasteiger partial charge < -0.3 is 4.74 Å². The van der Waals surface area contributed by atoms with E-state index in [2.05, 4.69) is 4.98 Å². The highest BCUT2D eigenvalue weighted by Crippen LogP contribution is 2.36. The van der Waals surface area contributed by atoms with Crippen molar-refractivity contribution in [1.82, 2.24) is 4.98 Å². The summed E-state index contributed by atoms with van der Waals surface area (Å²) in [5.41, 5.74) is 2.18. The number of hydrogen-bond donors (Lipinski definition) is 0. The zero-order chi connectivity index (χ0) is 12.4. The third-order valence-electron chi connectivity index (χ3n) is 2.29. The van der Waals surface area contributed by atoms with E-state index in [9.17, 15) is 0 Å². The number of rotatable bonds is 2. The van der Waals surface area contributed by atoms with Crippen molar-refractivity contribution < 1.29 is 4.74 Å². The number of benzene rings is 1. The van der Waals surface area contributed by atoms with Crippen LogP contribution in [-0.2, 0) is 0 Å². The number of halogens is 1. The molecule has 0 aliphatic rings. The molecule has 2 aromatic rings. The Kier molecular flexibility index (Phi) is 3.32. The summed E-state index contributed by atoms with van der Waals surface area (Å²) in [5.74, 6) is 0.744. The van der Waals surface area contributed by atoms with E-state index in [0.29, 0.717) is 10.7 Å². The van der Waals surface area contributed by atoms with Gasteiger partial charge >= 0.3 is 0 Å². The van der Waals surface area contributed by atoms with Gasteiger partial charge in [-0.2, -0.15) is 5.26 Å². The van der Waals surface area contributed by atoms with Gasteiger partial charge in [-0.25, -0.2) is 4.98 Å². The first-order valence-corrected chi connectivity index (χ1v) is 6.11. The highest BCUT2D eigenvalue weighted by molar-refractivity contribution is 7.13. The van der Waals surface area contributed by atoms with Crippen molar-refractivity contribution in [3.63, 3.8) is 0 Å². The monoisotopic (exact) mass is 264 g/mol. The van der Waals surface area contributed by atoms with Crippen LogP contribution in [0.4, 0.5) is 0 Å². The first-order valence-electron chi connectivity index (χ1n) is 4.86. The molecular weight excluding hydrogens is 256 g/mol. The number of thiazole rings is 1. The molecule has 0 N–H and O–H groups in total.